The van der Waals surface area contributed by atoms with Crippen molar-refractivity contribution in [1.82, 2.24) is 19.5 Å². The zero-order valence-corrected chi connectivity index (χ0v) is 26.5. The molecule has 264 valence electrons. The van der Waals surface area contributed by atoms with Crippen LogP contribution in [-0.2, 0) is 38.1 Å². The summed E-state index contributed by atoms with van der Waals surface area (Å²) in [5.41, 5.74) is 6.78. The van der Waals surface area contributed by atoms with Crippen LogP contribution in [0.3, 0.4) is 0 Å². The first-order valence-corrected chi connectivity index (χ1v) is 14.9. The summed E-state index contributed by atoms with van der Waals surface area (Å²) in [6, 6.07) is 7.09. The molecule has 0 radical (unpaired) electrons. The number of fused-ring (bicyclic) bond motifs is 1. The van der Waals surface area contributed by atoms with Crippen molar-refractivity contribution in [3.8, 4) is 0 Å². The number of aliphatic imine (C=N–C) groups is 1. The monoisotopic (exact) mass is 693 g/mol. The molecule has 1 aromatic carbocycles. The maximum atomic E-state index is 12.8. The standard InChI is InChI=1S/C30H34F3N7O9/c1-16(41)47-23-21(11-18(12-34)9-10-20(29(44)45-3)38-15-46-30(31,32)33)49-28(24(23)48-17(2)42)40-14-37-22-25(35-13-36-26(22)40)39-27(43)19-7-5-4-6-8-19/h4-8,13-15,18,20-21,23-24,28H,9-12,34H2,1-3H3,(H,35,36,39,43)/t18-,20-,21+,23?,24-,28+/m0/s1. The van der Waals surface area contributed by atoms with Gasteiger partial charge < -0.3 is 34.7 Å². The SMILES string of the molecule is COC(=O)[C@H](CC[C@H](CN)C[C@H]1O[C@@H](n2cnc3c(NC(=O)c4ccccc4)ncnc32)[C@@H](OC(C)=O)C1OC(C)=O)N=COC(F)(F)F. The van der Waals surface area contributed by atoms with E-state index < -0.39 is 66.7 Å². The fraction of sp³-hybridized carbons (Fsp3) is 0.467. The van der Waals surface area contributed by atoms with Gasteiger partial charge in [0.05, 0.1) is 13.4 Å². The molecule has 3 aromatic rings. The van der Waals surface area contributed by atoms with E-state index in [0.29, 0.717) is 5.56 Å². The van der Waals surface area contributed by atoms with Crippen LogP contribution in [0.5, 0.6) is 0 Å². The number of esters is 3. The molecule has 16 nitrogen and oxygen atoms in total. The minimum Gasteiger partial charge on any atom is -0.467 e. The lowest BCUT2D eigenvalue weighted by molar-refractivity contribution is -0.280. The van der Waals surface area contributed by atoms with Crippen molar-refractivity contribution in [3.05, 3.63) is 48.5 Å². The molecule has 4 rings (SSSR count). The number of aromatic nitrogens is 4. The molecule has 6 atom stereocenters. The third-order valence-corrected chi connectivity index (χ3v) is 7.44. The van der Waals surface area contributed by atoms with Gasteiger partial charge in [-0.15, -0.1) is 13.2 Å². The summed E-state index contributed by atoms with van der Waals surface area (Å²) in [4.78, 5) is 65.8. The number of nitrogens with zero attached hydrogens (tertiary/aromatic N) is 5. The van der Waals surface area contributed by atoms with Gasteiger partial charge in [-0.2, -0.15) is 0 Å². The van der Waals surface area contributed by atoms with Crippen molar-refractivity contribution in [2.45, 2.75) is 70.1 Å². The minimum atomic E-state index is -4.99. The Kier molecular flexibility index (Phi) is 12.2. The predicted molar refractivity (Wildman–Crippen MR) is 163 cm³/mol. The summed E-state index contributed by atoms with van der Waals surface area (Å²) in [5.74, 6) is -3.10. The number of hydrogen-bond acceptors (Lipinski definition) is 14. The summed E-state index contributed by atoms with van der Waals surface area (Å²) in [6.45, 7) is 2.36. The fourth-order valence-electron chi connectivity index (χ4n) is 5.28. The first-order valence-electron chi connectivity index (χ1n) is 14.9. The Labute approximate surface area is 277 Å². The summed E-state index contributed by atoms with van der Waals surface area (Å²) < 4.78 is 64.4. The molecule has 1 aliphatic heterocycles. The van der Waals surface area contributed by atoms with E-state index in [1.807, 2.05) is 0 Å². The molecule has 0 saturated carbocycles. The van der Waals surface area contributed by atoms with Crippen LogP contribution in [0.25, 0.3) is 11.2 Å². The maximum absolute atomic E-state index is 12.8. The molecule has 1 unspecified atom stereocenters. The van der Waals surface area contributed by atoms with Gasteiger partial charge in [0.1, 0.15) is 12.4 Å². The Morgan fingerprint density at radius 3 is 2.39 bits per heavy atom. The first kappa shape index (κ1) is 36.7. The van der Waals surface area contributed by atoms with Crippen LogP contribution in [0.1, 0.15) is 49.7 Å². The van der Waals surface area contributed by atoms with Crippen molar-refractivity contribution in [2.75, 3.05) is 19.0 Å². The lowest BCUT2D eigenvalue weighted by atomic mass is 9.92. The van der Waals surface area contributed by atoms with Gasteiger partial charge in [-0.05, 0) is 43.9 Å². The van der Waals surface area contributed by atoms with E-state index in [0.717, 1.165) is 7.11 Å². The Morgan fingerprint density at radius 1 is 1.06 bits per heavy atom. The van der Waals surface area contributed by atoms with Gasteiger partial charge >= 0.3 is 24.3 Å². The number of nitrogens with two attached hydrogens (primary N) is 1. The smallest absolute Gasteiger partial charge is 0.467 e. The lowest BCUT2D eigenvalue weighted by Gasteiger charge is -2.25. The van der Waals surface area contributed by atoms with Gasteiger partial charge in [0, 0.05) is 19.4 Å². The van der Waals surface area contributed by atoms with Crippen LogP contribution in [-0.4, -0.2) is 94.1 Å². The number of anilines is 1. The van der Waals surface area contributed by atoms with E-state index in [1.54, 1.807) is 30.3 Å². The van der Waals surface area contributed by atoms with Crippen molar-refractivity contribution in [2.24, 2.45) is 16.6 Å². The normalized spacial score (nSPS) is 20.5. The summed E-state index contributed by atoms with van der Waals surface area (Å²) in [7, 11) is 1.06. The highest BCUT2D eigenvalue weighted by Gasteiger charge is 2.51. The van der Waals surface area contributed by atoms with Crippen molar-refractivity contribution >= 4 is 47.2 Å². The number of nitrogens with one attached hydrogen (secondary N) is 1. The molecule has 19 heteroatoms. The number of halogens is 3. The predicted octanol–water partition coefficient (Wildman–Crippen LogP) is 2.69. The topological polar surface area (TPSA) is 208 Å². The van der Waals surface area contributed by atoms with E-state index >= 15 is 0 Å². The van der Waals surface area contributed by atoms with Gasteiger partial charge in [0.2, 0.25) is 0 Å². The second kappa shape index (κ2) is 16.3. The fourth-order valence-corrected chi connectivity index (χ4v) is 5.28. The minimum absolute atomic E-state index is 0.0257. The number of amides is 1. The number of hydrogen-bond donors (Lipinski definition) is 2. The van der Waals surface area contributed by atoms with Gasteiger partial charge in [0.15, 0.2) is 47.9 Å². The number of ether oxygens (including phenoxy) is 5. The van der Waals surface area contributed by atoms with Gasteiger partial charge in [-0.1, -0.05) is 18.2 Å². The van der Waals surface area contributed by atoms with Gasteiger partial charge in [-0.25, -0.2) is 24.7 Å². The Hall–Kier alpha value is -5.17. The molecule has 1 fully saturated rings. The molecule has 0 spiro atoms. The lowest BCUT2D eigenvalue weighted by Crippen LogP contribution is -2.40. The average molecular weight is 694 g/mol. The molecular weight excluding hydrogens is 659 g/mol. The molecule has 1 amide bonds. The molecule has 0 aliphatic carbocycles. The number of alkyl halides is 3. The molecule has 3 heterocycles. The Bertz CT molecular complexity index is 1650. The molecule has 0 bridgehead atoms. The van der Waals surface area contributed by atoms with Crippen LogP contribution >= 0.6 is 0 Å². The molecule has 1 aliphatic rings. The highest BCUT2D eigenvalue weighted by atomic mass is 19.4. The number of carbonyl (C=O) groups is 4. The number of carbonyl (C=O) groups excluding carboxylic acids is 4. The summed E-state index contributed by atoms with van der Waals surface area (Å²) in [6.07, 6.45) is -6.57. The maximum Gasteiger partial charge on any atom is 0.573 e. The third kappa shape index (κ3) is 9.69. The van der Waals surface area contributed by atoms with E-state index in [2.05, 4.69) is 34.7 Å². The summed E-state index contributed by atoms with van der Waals surface area (Å²) >= 11 is 0. The molecule has 2 aromatic heterocycles. The molecule has 3 N–H and O–H groups in total. The summed E-state index contributed by atoms with van der Waals surface area (Å²) in [5, 5.41) is 2.70. The zero-order chi connectivity index (χ0) is 35.7. The first-order chi connectivity index (χ1) is 23.3. The van der Waals surface area contributed by atoms with Crippen LogP contribution in [0.15, 0.2) is 48.0 Å². The molecule has 49 heavy (non-hydrogen) atoms. The van der Waals surface area contributed by atoms with E-state index in [-0.39, 0.29) is 49.2 Å². The quantitative estimate of drug-likeness (QED) is 0.108. The molecule has 1 saturated heterocycles. The second-order valence-corrected chi connectivity index (χ2v) is 10.9. The van der Waals surface area contributed by atoms with Gasteiger partial charge in [0.25, 0.3) is 5.91 Å². The largest absolute Gasteiger partial charge is 0.573 e. The van der Waals surface area contributed by atoms with Crippen LogP contribution in [0.4, 0.5) is 19.0 Å². The number of imidazole rings is 1. The van der Waals surface area contributed by atoms with E-state index in [1.165, 1.54) is 31.1 Å². The highest BCUT2D eigenvalue weighted by molar-refractivity contribution is 6.06. The number of rotatable bonds is 14. The Balaban J connectivity index is 1.59. The van der Waals surface area contributed by atoms with Crippen LogP contribution in [0.2, 0.25) is 0 Å². The average Bonchev–Trinajstić information content (AvgIpc) is 3.62. The van der Waals surface area contributed by atoms with Gasteiger partial charge in [-0.3, -0.25) is 19.0 Å². The molecular formula is C30H34F3N7O9. The van der Waals surface area contributed by atoms with E-state index in [4.69, 9.17) is 19.9 Å². The van der Waals surface area contributed by atoms with E-state index in [9.17, 15) is 32.3 Å². The Morgan fingerprint density at radius 2 is 1.76 bits per heavy atom. The van der Waals surface area contributed by atoms with Crippen LogP contribution < -0.4 is 11.1 Å². The van der Waals surface area contributed by atoms with Crippen molar-refractivity contribution in [1.29, 1.82) is 0 Å². The van der Waals surface area contributed by atoms with Crippen LogP contribution in [0, 0.1) is 5.92 Å². The van der Waals surface area contributed by atoms with Crippen molar-refractivity contribution in [3.63, 3.8) is 0 Å². The van der Waals surface area contributed by atoms with Crippen molar-refractivity contribution < 1.29 is 56.0 Å². The highest BCUT2D eigenvalue weighted by Crippen LogP contribution is 2.39. The zero-order valence-electron chi connectivity index (χ0n) is 26.5. The number of methoxy groups -OCH3 is 1. The number of benzene rings is 1. The third-order valence-electron chi connectivity index (χ3n) is 7.44. The second-order valence-electron chi connectivity index (χ2n) is 10.9.